The van der Waals surface area contributed by atoms with Crippen molar-refractivity contribution in [2.75, 3.05) is 16.2 Å². The first-order chi connectivity index (χ1) is 19.0. The van der Waals surface area contributed by atoms with Crippen molar-refractivity contribution in [3.8, 4) is 5.75 Å². The number of hydrogen-bond donors (Lipinski definition) is 1. The molecule has 0 radical (unpaired) electrons. The van der Waals surface area contributed by atoms with Gasteiger partial charge in [0.25, 0.3) is 15.9 Å². The van der Waals surface area contributed by atoms with Crippen molar-refractivity contribution in [1.82, 2.24) is 0 Å². The van der Waals surface area contributed by atoms with Crippen molar-refractivity contribution >= 4 is 38.9 Å². The predicted molar refractivity (Wildman–Crippen MR) is 162 cm³/mol. The monoisotopic (exact) mass is 576 g/mol. The molecule has 1 N–H and O–H groups in total. The van der Waals surface area contributed by atoms with Gasteiger partial charge in [0.05, 0.1) is 17.1 Å². The Kier molecular flexibility index (Phi) is 9.17. The first-order valence-electron chi connectivity index (χ1n) is 13.0. The van der Waals surface area contributed by atoms with Crippen LogP contribution in [0.25, 0.3) is 0 Å². The van der Waals surface area contributed by atoms with E-state index in [2.05, 4.69) is 19.2 Å². The molecule has 0 unspecified atom stereocenters. The maximum Gasteiger partial charge on any atom is 0.264 e. The Hall–Kier alpha value is -3.81. The SMILES string of the molecule is Cc1ccc(S(=O)(=O)N(Cc2ccc(Cl)cc2)c2ccc(OCC(=O)Nc3c(C)cccc3C(C)C)cc2)cc1. The average Bonchev–Trinajstić information content (AvgIpc) is 2.93. The number of halogens is 1. The van der Waals surface area contributed by atoms with Gasteiger partial charge >= 0.3 is 0 Å². The number of amides is 1. The first-order valence-corrected chi connectivity index (χ1v) is 14.8. The van der Waals surface area contributed by atoms with Gasteiger partial charge < -0.3 is 10.1 Å². The molecule has 0 heterocycles. The van der Waals surface area contributed by atoms with Crippen LogP contribution in [0.15, 0.2) is 95.9 Å². The quantitative estimate of drug-likeness (QED) is 0.212. The lowest BCUT2D eigenvalue weighted by atomic mass is 9.98. The molecule has 8 heteroatoms. The Morgan fingerprint density at radius 2 is 1.55 bits per heavy atom. The summed E-state index contributed by atoms with van der Waals surface area (Å²) in [7, 11) is -3.87. The van der Waals surface area contributed by atoms with E-state index >= 15 is 0 Å². The normalized spacial score (nSPS) is 11.3. The number of nitrogens with zero attached hydrogens (tertiary/aromatic N) is 1. The lowest BCUT2D eigenvalue weighted by molar-refractivity contribution is -0.118. The van der Waals surface area contributed by atoms with Crippen molar-refractivity contribution in [2.24, 2.45) is 0 Å². The van der Waals surface area contributed by atoms with Crippen molar-refractivity contribution in [3.63, 3.8) is 0 Å². The number of benzene rings is 4. The van der Waals surface area contributed by atoms with Gasteiger partial charge in [0.2, 0.25) is 0 Å². The second kappa shape index (κ2) is 12.6. The maximum atomic E-state index is 13.7. The number of aryl methyl sites for hydroxylation is 2. The molecule has 208 valence electrons. The number of rotatable bonds is 10. The van der Waals surface area contributed by atoms with Crippen LogP contribution in [0.2, 0.25) is 5.02 Å². The summed E-state index contributed by atoms with van der Waals surface area (Å²) in [6, 6.07) is 26.4. The molecule has 1 amide bonds. The van der Waals surface area contributed by atoms with Crippen LogP contribution in [0.5, 0.6) is 5.75 Å². The molecule has 0 aliphatic heterocycles. The fourth-order valence-electron chi connectivity index (χ4n) is 4.28. The predicted octanol–water partition coefficient (Wildman–Crippen LogP) is 7.49. The van der Waals surface area contributed by atoms with Crippen LogP contribution in [-0.4, -0.2) is 20.9 Å². The van der Waals surface area contributed by atoms with Crippen LogP contribution < -0.4 is 14.4 Å². The maximum absolute atomic E-state index is 13.7. The Labute approximate surface area is 241 Å². The minimum absolute atomic E-state index is 0.116. The third-order valence-electron chi connectivity index (χ3n) is 6.53. The van der Waals surface area contributed by atoms with Gasteiger partial charge in [0.1, 0.15) is 5.75 Å². The number of ether oxygens (including phenoxy) is 1. The third-order valence-corrected chi connectivity index (χ3v) is 8.57. The summed E-state index contributed by atoms with van der Waals surface area (Å²) in [6.07, 6.45) is 0. The molecule has 0 atom stereocenters. The number of anilines is 2. The highest BCUT2D eigenvalue weighted by Crippen LogP contribution is 2.29. The van der Waals surface area contributed by atoms with E-state index in [4.69, 9.17) is 16.3 Å². The zero-order valence-electron chi connectivity index (χ0n) is 23.0. The number of carbonyl (C=O) groups excluding carboxylic acids is 1. The Balaban J connectivity index is 1.52. The zero-order valence-corrected chi connectivity index (χ0v) is 24.6. The summed E-state index contributed by atoms with van der Waals surface area (Å²) in [5, 5.41) is 3.55. The van der Waals surface area contributed by atoms with Crippen LogP contribution in [0, 0.1) is 13.8 Å². The van der Waals surface area contributed by atoms with Crippen LogP contribution in [-0.2, 0) is 21.4 Å². The number of nitrogens with one attached hydrogen (secondary N) is 1. The van der Waals surface area contributed by atoms with Gasteiger partial charge in [0, 0.05) is 10.7 Å². The van der Waals surface area contributed by atoms with E-state index in [1.54, 1.807) is 72.8 Å². The lowest BCUT2D eigenvalue weighted by Gasteiger charge is -2.25. The molecule has 0 fully saturated rings. The van der Waals surface area contributed by atoms with E-state index in [0.717, 1.165) is 27.9 Å². The van der Waals surface area contributed by atoms with Crippen LogP contribution in [0.4, 0.5) is 11.4 Å². The number of sulfonamides is 1. The zero-order chi connectivity index (χ0) is 28.9. The van der Waals surface area contributed by atoms with Gasteiger partial charge in [0.15, 0.2) is 6.61 Å². The fourth-order valence-corrected chi connectivity index (χ4v) is 5.86. The average molecular weight is 577 g/mol. The molecular weight excluding hydrogens is 544 g/mol. The molecule has 0 aliphatic carbocycles. The number of para-hydroxylation sites is 1. The summed E-state index contributed by atoms with van der Waals surface area (Å²) < 4.78 is 34.5. The Morgan fingerprint density at radius 3 is 2.17 bits per heavy atom. The van der Waals surface area contributed by atoms with E-state index in [9.17, 15) is 13.2 Å². The highest BCUT2D eigenvalue weighted by molar-refractivity contribution is 7.92. The highest BCUT2D eigenvalue weighted by Gasteiger charge is 2.25. The summed E-state index contributed by atoms with van der Waals surface area (Å²) in [5.74, 6) is 0.439. The van der Waals surface area contributed by atoms with Crippen molar-refractivity contribution in [3.05, 3.63) is 118 Å². The van der Waals surface area contributed by atoms with Crippen LogP contribution >= 0.6 is 11.6 Å². The smallest absolute Gasteiger partial charge is 0.264 e. The molecule has 0 bridgehead atoms. The molecule has 4 rings (SSSR count). The summed E-state index contributed by atoms with van der Waals surface area (Å²) in [5.41, 5.74) is 5.08. The van der Waals surface area contributed by atoms with Gasteiger partial charge in [-0.05, 0) is 85.0 Å². The molecule has 4 aromatic carbocycles. The standard InChI is InChI=1S/C32H33ClN2O4S/c1-22(2)30-7-5-6-24(4)32(30)34-31(36)21-39-28-16-14-27(15-17-28)35(20-25-10-12-26(33)13-11-25)40(37,38)29-18-8-23(3)9-19-29/h5-19,22H,20-21H2,1-4H3,(H,34,36). The van der Waals surface area contributed by atoms with Crippen LogP contribution in [0.3, 0.4) is 0 Å². The van der Waals surface area contributed by atoms with E-state index in [1.165, 1.54) is 4.31 Å². The Bertz CT molecular complexity index is 1570. The van der Waals surface area contributed by atoms with E-state index in [0.29, 0.717) is 16.5 Å². The molecule has 0 aliphatic rings. The second-order valence-corrected chi connectivity index (χ2v) is 12.3. The minimum atomic E-state index is -3.87. The molecule has 4 aromatic rings. The summed E-state index contributed by atoms with van der Waals surface area (Å²) in [4.78, 5) is 12.9. The second-order valence-electron chi connectivity index (χ2n) is 9.98. The molecular formula is C32H33ClN2O4S. The molecule has 0 spiro atoms. The molecule has 0 saturated carbocycles. The summed E-state index contributed by atoms with van der Waals surface area (Å²) >= 11 is 6.04. The van der Waals surface area contributed by atoms with Gasteiger partial charge in [-0.1, -0.05) is 73.5 Å². The molecule has 40 heavy (non-hydrogen) atoms. The van der Waals surface area contributed by atoms with E-state index in [1.807, 2.05) is 32.0 Å². The number of hydrogen-bond acceptors (Lipinski definition) is 4. The van der Waals surface area contributed by atoms with Gasteiger partial charge in [-0.2, -0.15) is 0 Å². The molecule has 6 nitrogen and oxygen atoms in total. The van der Waals surface area contributed by atoms with Crippen molar-refractivity contribution in [1.29, 1.82) is 0 Å². The topological polar surface area (TPSA) is 75.7 Å². The van der Waals surface area contributed by atoms with Gasteiger partial charge in [-0.15, -0.1) is 0 Å². The molecule has 0 saturated heterocycles. The first kappa shape index (κ1) is 29.2. The van der Waals surface area contributed by atoms with Crippen molar-refractivity contribution < 1.29 is 17.9 Å². The highest BCUT2D eigenvalue weighted by atomic mass is 35.5. The largest absolute Gasteiger partial charge is 0.484 e. The lowest BCUT2D eigenvalue weighted by Crippen LogP contribution is -2.30. The minimum Gasteiger partial charge on any atom is -0.484 e. The fraction of sp³-hybridized carbons (Fsp3) is 0.219. The third kappa shape index (κ3) is 7.03. The van der Waals surface area contributed by atoms with Gasteiger partial charge in [-0.25, -0.2) is 8.42 Å². The Morgan fingerprint density at radius 1 is 0.900 bits per heavy atom. The number of carbonyl (C=O) groups is 1. The van der Waals surface area contributed by atoms with Crippen molar-refractivity contribution in [2.45, 2.75) is 45.1 Å². The van der Waals surface area contributed by atoms with E-state index < -0.39 is 10.0 Å². The summed E-state index contributed by atoms with van der Waals surface area (Å²) in [6.45, 7) is 7.97. The van der Waals surface area contributed by atoms with Gasteiger partial charge in [-0.3, -0.25) is 9.10 Å². The molecule has 0 aromatic heterocycles. The van der Waals surface area contributed by atoms with Crippen LogP contribution in [0.1, 0.15) is 42.0 Å². The van der Waals surface area contributed by atoms with E-state index in [-0.39, 0.29) is 29.9 Å².